The first-order chi connectivity index (χ1) is 10.8. The van der Waals surface area contributed by atoms with Crippen LogP contribution in [0.4, 0.5) is 0 Å². The number of carbonyl (C=O) groups excluding carboxylic acids is 1. The molecule has 0 aromatic heterocycles. The molecule has 1 aromatic rings. The summed E-state index contributed by atoms with van der Waals surface area (Å²) in [6.45, 7) is 6.70. The van der Waals surface area contributed by atoms with Crippen LogP contribution in [0.1, 0.15) is 49.4 Å². The molecule has 0 amide bonds. The number of rotatable bonds is 8. The highest BCUT2D eigenvalue weighted by Gasteiger charge is 2.09. The lowest BCUT2D eigenvalue weighted by atomic mass is 10.2. The molecule has 0 aliphatic carbocycles. The Kier molecular flexibility index (Phi) is 7.23. The Balaban J connectivity index is 1.79. The molecule has 1 aromatic carbocycles. The van der Waals surface area contributed by atoms with Crippen molar-refractivity contribution in [3.05, 3.63) is 23.8 Å². The van der Waals surface area contributed by atoms with Crippen molar-refractivity contribution < 1.29 is 14.3 Å². The van der Waals surface area contributed by atoms with Crippen molar-refractivity contribution in [2.45, 2.75) is 39.0 Å². The van der Waals surface area contributed by atoms with Gasteiger partial charge in [-0.2, -0.15) is 0 Å². The van der Waals surface area contributed by atoms with Gasteiger partial charge in [0.25, 0.3) is 0 Å². The lowest BCUT2D eigenvalue weighted by Crippen LogP contribution is -2.26. The molecular formula is C18H27NO3. The summed E-state index contributed by atoms with van der Waals surface area (Å²) in [5.41, 5.74) is 0.611. The Morgan fingerprint density at radius 2 is 1.86 bits per heavy atom. The van der Waals surface area contributed by atoms with Gasteiger partial charge in [-0.15, -0.1) is 0 Å². The summed E-state index contributed by atoms with van der Waals surface area (Å²) in [5.74, 6) is 1.38. The van der Waals surface area contributed by atoms with E-state index in [4.69, 9.17) is 9.47 Å². The summed E-state index contributed by atoms with van der Waals surface area (Å²) in [4.78, 5) is 13.4. The molecule has 0 saturated carbocycles. The Bertz CT molecular complexity index is 454. The summed E-state index contributed by atoms with van der Waals surface area (Å²) in [7, 11) is 0. The number of benzene rings is 1. The fourth-order valence-electron chi connectivity index (χ4n) is 2.82. The van der Waals surface area contributed by atoms with Crippen LogP contribution in [0.15, 0.2) is 18.2 Å². The van der Waals surface area contributed by atoms with Crippen LogP contribution >= 0.6 is 0 Å². The number of aldehydes is 1. The summed E-state index contributed by atoms with van der Waals surface area (Å²) in [6.07, 6.45) is 7.22. The maximum absolute atomic E-state index is 10.8. The van der Waals surface area contributed by atoms with Gasteiger partial charge >= 0.3 is 0 Å². The van der Waals surface area contributed by atoms with E-state index in [0.29, 0.717) is 24.5 Å². The van der Waals surface area contributed by atoms with Gasteiger partial charge in [-0.05, 0) is 57.5 Å². The van der Waals surface area contributed by atoms with E-state index in [-0.39, 0.29) is 0 Å². The Hall–Kier alpha value is -1.55. The van der Waals surface area contributed by atoms with Crippen molar-refractivity contribution in [2.75, 3.05) is 32.8 Å². The second-order valence-electron chi connectivity index (χ2n) is 5.71. The van der Waals surface area contributed by atoms with E-state index in [1.54, 1.807) is 12.1 Å². The first-order valence-electron chi connectivity index (χ1n) is 8.40. The first kappa shape index (κ1) is 16.8. The number of hydrogen-bond donors (Lipinski definition) is 0. The van der Waals surface area contributed by atoms with E-state index in [1.165, 1.54) is 38.8 Å². The number of carbonyl (C=O) groups is 1. The van der Waals surface area contributed by atoms with Crippen molar-refractivity contribution in [3.63, 3.8) is 0 Å². The second-order valence-corrected chi connectivity index (χ2v) is 5.71. The molecule has 0 N–H and O–H groups in total. The SMILES string of the molecule is CCOc1cc(C=O)ccc1OCCCN1CCCCCC1. The van der Waals surface area contributed by atoms with Crippen molar-refractivity contribution in [2.24, 2.45) is 0 Å². The standard InChI is InChI=1S/C18H27NO3/c1-2-21-18-14-16(15-20)8-9-17(18)22-13-7-12-19-10-5-3-4-6-11-19/h8-9,14-15H,2-7,10-13H2,1H3. The third kappa shape index (κ3) is 5.34. The van der Waals surface area contributed by atoms with Gasteiger partial charge in [-0.3, -0.25) is 4.79 Å². The minimum atomic E-state index is 0.562. The Labute approximate surface area is 133 Å². The predicted molar refractivity (Wildman–Crippen MR) is 88.0 cm³/mol. The van der Waals surface area contributed by atoms with Gasteiger partial charge in [-0.1, -0.05) is 12.8 Å². The molecule has 1 aliphatic rings. The zero-order valence-corrected chi connectivity index (χ0v) is 13.6. The van der Waals surface area contributed by atoms with Crippen LogP contribution in [0, 0.1) is 0 Å². The number of likely N-dealkylation sites (tertiary alicyclic amines) is 1. The van der Waals surface area contributed by atoms with Crippen LogP contribution in [0.5, 0.6) is 11.5 Å². The van der Waals surface area contributed by atoms with Crippen LogP contribution in [0.25, 0.3) is 0 Å². The van der Waals surface area contributed by atoms with Gasteiger partial charge < -0.3 is 14.4 Å². The minimum absolute atomic E-state index is 0.562. The van der Waals surface area contributed by atoms with Gasteiger partial charge in [-0.25, -0.2) is 0 Å². The zero-order valence-electron chi connectivity index (χ0n) is 13.6. The molecule has 0 radical (unpaired) electrons. The van der Waals surface area contributed by atoms with Gasteiger partial charge in [0.15, 0.2) is 11.5 Å². The van der Waals surface area contributed by atoms with Gasteiger partial charge in [0, 0.05) is 12.1 Å². The average molecular weight is 305 g/mol. The van der Waals surface area contributed by atoms with Crippen molar-refractivity contribution >= 4 is 6.29 Å². The average Bonchev–Trinajstić information content (AvgIpc) is 2.81. The Morgan fingerprint density at radius 3 is 2.55 bits per heavy atom. The number of hydrogen-bond acceptors (Lipinski definition) is 4. The Morgan fingerprint density at radius 1 is 1.09 bits per heavy atom. The third-order valence-corrected chi connectivity index (χ3v) is 3.98. The molecule has 1 fully saturated rings. The van der Waals surface area contributed by atoms with Crippen molar-refractivity contribution in [1.29, 1.82) is 0 Å². The minimum Gasteiger partial charge on any atom is -0.490 e. The van der Waals surface area contributed by atoms with E-state index in [0.717, 1.165) is 25.0 Å². The number of nitrogens with zero attached hydrogens (tertiary/aromatic N) is 1. The summed E-state index contributed by atoms with van der Waals surface area (Å²) in [5, 5.41) is 0. The van der Waals surface area contributed by atoms with Crippen molar-refractivity contribution in [1.82, 2.24) is 4.90 Å². The normalized spacial score (nSPS) is 16.0. The molecule has 4 nitrogen and oxygen atoms in total. The van der Waals surface area contributed by atoms with Crippen LogP contribution in [0.3, 0.4) is 0 Å². The molecular weight excluding hydrogens is 278 g/mol. The maximum Gasteiger partial charge on any atom is 0.161 e. The fourth-order valence-corrected chi connectivity index (χ4v) is 2.82. The van der Waals surface area contributed by atoms with Crippen LogP contribution in [-0.2, 0) is 0 Å². The summed E-state index contributed by atoms with van der Waals surface area (Å²) < 4.78 is 11.4. The zero-order chi connectivity index (χ0) is 15.6. The molecule has 0 unspecified atom stereocenters. The van der Waals surface area contributed by atoms with E-state index in [9.17, 15) is 4.79 Å². The lowest BCUT2D eigenvalue weighted by molar-refractivity contribution is 0.112. The molecule has 122 valence electrons. The number of ether oxygens (including phenoxy) is 2. The van der Waals surface area contributed by atoms with Crippen LogP contribution < -0.4 is 9.47 Å². The predicted octanol–water partition coefficient (Wildman–Crippen LogP) is 3.54. The molecule has 1 aliphatic heterocycles. The second kappa shape index (κ2) is 9.46. The molecule has 0 spiro atoms. The first-order valence-corrected chi connectivity index (χ1v) is 8.40. The molecule has 22 heavy (non-hydrogen) atoms. The molecule has 1 saturated heterocycles. The van der Waals surface area contributed by atoms with Crippen LogP contribution in [-0.4, -0.2) is 44.0 Å². The fraction of sp³-hybridized carbons (Fsp3) is 0.611. The topological polar surface area (TPSA) is 38.8 Å². The van der Waals surface area contributed by atoms with Gasteiger partial charge in [0.1, 0.15) is 6.29 Å². The summed E-state index contributed by atoms with van der Waals surface area (Å²) in [6, 6.07) is 5.32. The highest BCUT2D eigenvalue weighted by atomic mass is 16.5. The molecule has 0 atom stereocenters. The molecule has 0 bridgehead atoms. The van der Waals surface area contributed by atoms with E-state index in [2.05, 4.69) is 4.90 Å². The highest BCUT2D eigenvalue weighted by Crippen LogP contribution is 2.28. The maximum atomic E-state index is 10.8. The largest absolute Gasteiger partial charge is 0.490 e. The highest BCUT2D eigenvalue weighted by molar-refractivity contribution is 5.76. The molecule has 4 heteroatoms. The lowest BCUT2D eigenvalue weighted by Gasteiger charge is -2.19. The van der Waals surface area contributed by atoms with Gasteiger partial charge in [0.05, 0.1) is 13.2 Å². The monoisotopic (exact) mass is 305 g/mol. The van der Waals surface area contributed by atoms with Gasteiger partial charge in [0.2, 0.25) is 0 Å². The van der Waals surface area contributed by atoms with Crippen molar-refractivity contribution in [3.8, 4) is 11.5 Å². The summed E-state index contributed by atoms with van der Waals surface area (Å²) >= 11 is 0. The van der Waals surface area contributed by atoms with E-state index >= 15 is 0 Å². The third-order valence-electron chi connectivity index (χ3n) is 3.98. The van der Waals surface area contributed by atoms with Crippen LogP contribution in [0.2, 0.25) is 0 Å². The quantitative estimate of drug-likeness (QED) is 0.544. The molecule has 2 rings (SSSR count). The smallest absolute Gasteiger partial charge is 0.161 e. The van der Waals surface area contributed by atoms with E-state index in [1.807, 2.05) is 13.0 Å². The molecule has 1 heterocycles. The van der Waals surface area contributed by atoms with E-state index < -0.39 is 0 Å².